The van der Waals surface area contributed by atoms with Gasteiger partial charge in [0.2, 0.25) is 6.29 Å². The van der Waals surface area contributed by atoms with Crippen molar-refractivity contribution in [2.45, 2.75) is 38.8 Å². The molecule has 0 bridgehead atoms. The van der Waals surface area contributed by atoms with Crippen LogP contribution in [0.3, 0.4) is 0 Å². The molecular weight excluding hydrogens is 230 g/mol. The summed E-state index contributed by atoms with van der Waals surface area (Å²) in [5.41, 5.74) is 2.15. The minimum Gasteiger partial charge on any atom is -0.383 e. The Morgan fingerprint density at radius 3 is 2.47 bits per heavy atom. The summed E-state index contributed by atoms with van der Waals surface area (Å²) in [4.78, 5) is 5.42. The van der Waals surface area contributed by atoms with Gasteiger partial charge in [-0.1, -0.05) is 35.5 Å². The second-order valence-electron chi connectivity index (χ2n) is 5.21. The number of rotatable bonds is 3. The van der Waals surface area contributed by atoms with Crippen LogP contribution in [0.2, 0.25) is 19.6 Å². The SMILES string of the molecule is C[Si](C)(C)OC1CCC(c2ccccc2)=NO1. The van der Waals surface area contributed by atoms with Crippen molar-refractivity contribution >= 4 is 14.0 Å². The summed E-state index contributed by atoms with van der Waals surface area (Å²) >= 11 is 0. The zero-order valence-corrected chi connectivity index (χ0v) is 11.6. The third kappa shape index (κ3) is 3.68. The fraction of sp³-hybridized carbons (Fsp3) is 0.462. The molecule has 0 fully saturated rings. The Morgan fingerprint density at radius 1 is 1.24 bits per heavy atom. The number of hydrogen-bond donors (Lipinski definition) is 0. The van der Waals surface area contributed by atoms with E-state index in [1.165, 1.54) is 0 Å². The van der Waals surface area contributed by atoms with Crippen LogP contribution in [0.5, 0.6) is 0 Å². The van der Waals surface area contributed by atoms with E-state index in [1.54, 1.807) is 0 Å². The first-order valence-electron chi connectivity index (χ1n) is 6.00. The monoisotopic (exact) mass is 249 g/mol. The van der Waals surface area contributed by atoms with Gasteiger partial charge in [-0.15, -0.1) is 0 Å². The maximum atomic E-state index is 5.87. The molecule has 1 aromatic carbocycles. The minimum atomic E-state index is -1.54. The van der Waals surface area contributed by atoms with Crippen molar-refractivity contribution in [3.63, 3.8) is 0 Å². The van der Waals surface area contributed by atoms with Gasteiger partial charge in [0, 0.05) is 6.42 Å². The molecule has 0 amide bonds. The molecule has 92 valence electrons. The van der Waals surface area contributed by atoms with Gasteiger partial charge >= 0.3 is 0 Å². The van der Waals surface area contributed by atoms with Crippen LogP contribution in [0.15, 0.2) is 35.5 Å². The summed E-state index contributed by atoms with van der Waals surface area (Å²) in [6, 6.07) is 10.2. The molecule has 1 atom stereocenters. The van der Waals surface area contributed by atoms with Crippen molar-refractivity contribution in [2.75, 3.05) is 0 Å². The van der Waals surface area contributed by atoms with Crippen molar-refractivity contribution < 1.29 is 9.26 Å². The lowest BCUT2D eigenvalue weighted by atomic mass is 10.1. The molecule has 17 heavy (non-hydrogen) atoms. The molecule has 0 radical (unpaired) electrons. The van der Waals surface area contributed by atoms with Crippen molar-refractivity contribution in [3.05, 3.63) is 35.9 Å². The lowest BCUT2D eigenvalue weighted by Crippen LogP contribution is -2.34. The molecule has 4 heteroatoms. The van der Waals surface area contributed by atoms with Crippen LogP contribution in [-0.2, 0) is 9.26 Å². The van der Waals surface area contributed by atoms with E-state index >= 15 is 0 Å². The summed E-state index contributed by atoms with van der Waals surface area (Å²) < 4.78 is 5.87. The highest BCUT2D eigenvalue weighted by Gasteiger charge is 2.25. The molecule has 1 aliphatic rings. The predicted octanol–water partition coefficient (Wildman–Crippen LogP) is 3.38. The van der Waals surface area contributed by atoms with Crippen molar-refractivity contribution in [1.82, 2.24) is 0 Å². The second-order valence-corrected chi connectivity index (χ2v) is 9.67. The number of hydrogen-bond acceptors (Lipinski definition) is 3. The van der Waals surface area contributed by atoms with Crippen LogP contribution in [0.1, 0.15) is 18.4 Å². The van der Waals surface area contributed by atoms with Crippen LogP contribution in [-0.4, -0.2) is 20.3 Å². The van der Waals surface area contributed by atoms with E-state index in [4.69, 9.17) is 9.26 Å². The Balaban J connectivity index is 1.99. The highest BCUT2D eigenvalue weighted by molar-refractivity contribution is 6.69. The highest BCUT2D eigenvalue weighted by Crippen LogP contribution is 2.20. The first kappa shape index (κ1) is 12.3. The predicted molar refractivity (Wildman–Crippen MR) is 71.5 cm³/mol. The summed E-state index contributed by atoms with van der Waals surface area (Å²) in [7, 11) is -1.54. The van der Waals surface area contributed by atoms with Crippen molar-refractivity contribution in [1.29, 1.82) is 0 Å². The van der Waals surface area contributed by atoms with Crippen molar-refractivity contribution in [3.8, 4) is 0 Å². The Kier molecular flexibility index (Phi) is 3.64. The molecule has 0 saturated carbocycles. The highest BCUT2D eigenvalue weighted by atomic mass is 28.4. The zero-order valence-electron chi connectivity index (χ0n) is 10.6. The van der Waals surface area contributed by atoms with Gasteiger partial charge in [-0.05, 0) is 31.6 Å². The lowest BCUT2D eigenvalue weighted by Gasteiger charge is -2.27. The molecular formula is C13H19NO2Si. The first-order valence-corrected chi connectivity index (χ1v) is 9.41. The molecule has 0 aliphatic carbocycles. The van der Waals surface area contributed by atoms with Gasteiger partial charge in [0.25, 0.3) is 0 Å². The van der Waals surface area contributed by atoms with Crippen molar-refractivity contribution in [2.24, 2.45) is 5.16 Å². The standard InChI is InChI=1S/C13H19NO2Si/c1-17(2,3)16-13-10-9-12(14-15-13)11-7-5-4-6-8-11/h4-8,13H,9-10H2,1-3H3. The molecule has 2 rings (SSSR count). The maximum Gasteiger partial charge on any atom is 0.218 e. The minimum absolute atomic E-state index is 0.158. The average molecular weight is 249 g/mol. The summed E-state index contributed by atoms with van der Waals surface area (Å²) in [5, 5.41) is 4.18. The molecule has 1 unspecified atom stereocenters. The zero-order chi connectivity index (χ0) is 12.3. The fourth-order valence-electron chi connectivity index (χ4n) is 1.78. The quantitative estimate of drug-likeness (QED) is 0.769. The molecule has 0 N–H and O–H groups in total. The maximum absolute atomic E-state index is 5.87. The third-order valence-corrected chi connectivity index (χ3v) is 3.46. The summed E-state index contributed by atoms with van der Waals surface area (Å²) in [6.45, 7) is 6.48. The topological polar surface area (TPSA) is 30.8 Å². The summed E-state index contributed by atoms with van der Waals surface area (Å²) in [6.07, 6.45) is 1.64. The Labute approximate surface area is 104 Å². The fourth-order valence-corrected chi connectivity index (χ4v) is 2.73. The number of nitrogens with zero attached hydrogens (tertiary/aromatic N) is 1. The first-order chi connectivity index (χ1) is 8.04. The van der Waals surface area contributed by atoms with E-state index in [0.717, 1.165) is 24.1 Å². The molecule has 0 aromatic heterocycles. The number of oxime groups is 1. The average Bonchev–Trinajstić information content (AvgIpc) is 2.29. The van der Waals surface area contributed by atoms with Crippen LogP contribution in [0.4, 0.5) is 0 Å². The van der Waals surface area contributed by atoms with E-state index in [2.05, 4.69) is 36.9 Å². The van der Waals surface area contributed by atoms with Crippen LogP contribution < -0.4 is 0 Å². The summed E-state index contributed by atoms with van der Waals surface area (Å²) in [5.74, 6) is 0. The molecule has 1 aliphatic heterocycles. The van der Waals surface area contributed by atoms with Gasteiger partial charge in [-0.25, -0.2) is 0 Å². The van der Waals surface area contributed by atoms with Gasteiger partial charge in [0.1, 0.15) is 0 Å². The van der Waals surface area contributed by atoms with Crippen LogP contribution >= 0.6 is 0 Å². The third-order valence-electron chi connectivity index (χ3n) is 2.49. The number of benzene rings is 1. The Bertz CT molecular complexity index is 398. The van der Waals surface area contributed by atoms with Gasteiger partial charge in [-0.3, -0.25) is 0 Å². The smallest absolute Gasteiger partial charge is 0.218 e. The molecule has 1 aromatic rings. The van der Waals surface area contributed by atoms with Gasteiger partial charge in [0.05, 0.1) is 5.71 Å². The van der Waals surface area contributed by atoms with E-state index in [9.17, 15) is 0 Å². The van der Waals surface area contributed by atoms with E-state index < -0.39 is 8.32 Å². The molecule has 1 heterocycles. The normalized spacial score (nSPS) is 20.6. The van der Waals surface area contributed by atoms with E-state index in [1.807, 2.05) is 18.2 Å². The molecule has 0 spiro atoms. The van der Waals surface area contributed by atoms with Gasteiger partial charge < -0.3 is 9.26 Å². The lowest BCUT2D eigenvalue weighted by molar-refractivity contribution is -0.0944. The molecule has 0 saturated heterocycles. The second kappa shape index (κ2) is 5.02. The van der Waals surface area contributed by atoms with E-state index in [0.29, 0.717) is 0 Å². The van der Waals surface area contributed by atoms with Gasteiger partial charge in [0.15, 0.2) is 8.32 Å². The van der Waals surface area contributed by atoms with E-state index in [-0.39, 0.29) is 6.29 Å². The molecule has 3 nitrogen and oxygen atoms in total. The van der Waals surface area contributed by atoms with Crippen LogP contribution in [0, 0.1) is 0 Å². The Hall–Kier alpha value is -1.13. The van der Waals surface area contributed by atoms with Gasteiger partial charge in [-0.2, -0.15) is 0 Å². The Morgan fingerprint density at radius 2 is 1.94 bits per heavy atom. The largest absolute Gasteiger partial charge is 0.383 e. The van der Waals surface area contributed by atoms with Crippen LogP contribution in [0.25, 0.3) is 0 Å².